The lowest BCUT2D eigenvalue weighted by Gasteiger charge is -2.15. The molecule has 1 saturated heterocycles. The standard InChI is InChI=1S/C21H19ClN2O3S2/c1-2-3-10-27-17-9-4-6-14(11-17)12-18-20(26)24(21(28)29-18)23-19(25)15-7-5-8-16(22)13-15/h4-9,11-13H,2-3,10H2,1H3,(H,23,25)/b18-12+. The van der Waals surface area contributed by atoms with Crippen molar-refractivity contribution in [3.63, 3.8) is 0 Å². The molecule has 1 aliphatic heterocycles. The minimum absolute atomic E-state index is 0.256. The van der Waals surface area contributed by atoms with Gasteiger partial charge in [0.1, 0.15) is 5.75 Å². The predicted molar refractivity (Wildman–Crippen MR) is 121 cm³/mol. The molecule has 1 fully saturated rings. The highest BCUT2D eigenvalue weighted by Crippen LogP contribution is 2.32. The molecular formula is C21H19ClN2O3S2. The van der Waals surface area contributed by atoms with Crippen molar-refractivity contribution in [3.05, 3.63) is 69.6 Å². The minimum atomic E-state index is -0.462. The molecule has 0 saturated carbocycles. The Balaban J connectivity index is 1.71. The molecule has 2 aromatic carbocycles. The average molecular weight is 447 g/mol. The molecule has 0 bridgehead atoms. The monoisotopic (exact) mass is 446 g/mol. The second-order valence-electron chi connectivity index (χ2n) is 6.24. The van der Waals surface area contributed by atoms with Gasteiger partial charge in [0.05, 0.1) is 11.5 Å². The first-order valence-electron chi connectivity index (χ1n) is 9.05. The molecule has 150 valence electrons. The molecule has 3 rings (SSSR count). The third-order valence-electron chi connectivity index (χ3n) is 4.02. The highest BCUT2D eigenvalue weighted by molar-refractivity contribution is 8.26. The summed E-state index contributed by atoms with van der Waals surface area (Å²) in [5.74, 6) is -0.0963. The number of ether oxygens (including phenoxy) is 1. The topological polar surface area (TPSA) is 58.6 Å². The molecule has 1 heterocycles. The number of hydrazine groups is 1. The number of thiocarbonyl (C=S) groups is 1. The lowest BCUT2D eigenvalue weighted by Crippen LogP contribution is -2.44. The number of unbranched alkanes of at least 4 members (excludes halogenated alkanes) is 1. The van der Waals surface area contributed by atoms with Gasteiger partial charge in [-0.15, -0.1) is 0 Å². The summed E-state index contributed by atoms with van der Waals surface area (Å²) in [4.78, 5) is 25.6. The summed E-state index contributed by atoms with van der Waals surface area (Å²) < 4.78 is 5.96. The van der Waals surface area contributed by atoms with Gasteiger partial charge in [0, 0.05) is 10.6 Å². The van der Waals surface area contributed by atoms with Crippen LogP contribution in [0.25, 0.3) is 6.08 Å². The Morgan fingerprint density at radius 3 is 2.83 bits per heavy atom. The van der Waals surface area contributed by atoms with E-state index in [0.29, 0.717) is 22.1 Å². The molecular weight excluding hydrogens is 428 g/mol. The second-order valence-corrected chi connectivity index (χ2v) is 8.36. The van der Waals surface area contributed by atoms with E-state index in [1.807, 2.05) is 24.3 Å². The van der Waals surface area contributed by atoms with Crippen molar-refractivity contribution in [3.8, 4) is 5.75 Å². The number of amides is 2. The van der Waals surface area contributed by atoms with Crippen molar-refractivity contribution in [2.45, 2.75) is 19.8 Å². The second kappa shape index (κ2) is 9.91. The molecule has 0 radical (unpaired) electrons. The average Bonchev–Trinajstić information content (AvgIpc) is 2.96. The van der Waals surface area contributed by atoms with Gasteiger partial charge in [-0.3, -0.25) is 15.0 Å². The van der Waals surface area contributed by atoms with E-state index in [9.17, 15) is 9.59 Å². The van der Waals surface area contributed by atoms with Gasteiger partial charge >= 0.3 is 0 Å². The van der Waals surface area contributed by atoms with Gasteiger partial charge in [-0.05, 0) is 60.6 Å². The van der Waals surface area contributed by atoms with Gasteiger partial charge < -0.3 is 4.74 Å². The zero-order valence-corrected chi connectivity index (χ0v) is 18.1. The molecule has 2 amide bonds. The fourth-order valence-electron chi connectivity index (χ4n) is 2.54. The Hall–Kier alpha value is -2.35. The van der Waals surface area contributed by atoms with Crippen LogP contribution in [0.4, 0.5) is 0 Å². The number of carbonyl (C=O) groups is 2. The summed E-state index contributed by atoms with van der Waals surface area (Å²) >= 11 is 12.3. The smallest absolute Gasteiger partial charge is 0.285 e. The first kappa shape index (κ1) is 21.4. The van der Waals surface area contributed by atoms with Crippen LogP contribution in [-0.2, 0) is 4.79 Å². The van der Waals surface area contributed by atoms with Gasteiger partial charge in [-0.2, -0.15) is 5.01 Å². The summed E-state index contributed by atoms with van der Waals surface area (Å²) in [6, 6.07) is 14.0. The fourth-order valence-corrected chi connectivity index (χ4v) is 3.91. The Morgan fingerprint density at radius 1 is 1.28 bits per heavy atom. The molecule has 1 aliphatic rings. The first-order chi connectivity index (χ1) is 14.0. The van der Waals surface area contributed by atoms with Crippen molar-refractivity contribution in [2.75, 3.05) is 6.61 Å². The van der Waals surface area contributed by atoms with Gasteiger partial charge in [-0.1, -0.05) is 54.9 Å². The van der Waals surface area contributed by atoms with Crippen LogP contribution in [0.2, 0.25) is 5.02 Å². The van der Waals surface area contributed by atoms with Crippen LogP contribution in [0, 0.1) is 0 Å². The maximum Gasteiger partial charge on any atom is 0.285 e. The summed E-state index contributed by atoms with van der Waals surface area (Å²) in [6.07, 6.45) is 3.77. The number of benzene rings is 2. The third-order valence-corrected chi connectivity index (χ3v) is 5.55. The van der Waals surface area contributed by atoms with E-state index in [2.05, 4.69) is 12.3 Å². The van der Waals surface area contributed by atoms with E-state index in [0.717, 1.165) is 40.9 Å². The van der Waals surface area contributed by atoms with E-state index < -0.39 is 5.91 Å². The molecule has 0 aliphatic carbocycles. The van der Waals surface area contributed by atoms with Crippen LogP contribution in [0.1, 0.15) is 35.7 Å². The number of hydrogen-bond donors (Lipinski definition) is 1. The fraction of sp³-hybridized carbons (Fsp3) is 0.190. The number of thioether (sulfide) groups is 1. The Bertz CT molecular complexity index is 978. The lowest BCUT2D eigenvalue weighted by atomic mass is 10.2. The molecule has 0 aromatic heterocycles. The Morgan fingerprint density at radius 2 is 2.07 bits per heavy atom. The van der Waals surface area contributed by atoms with Crippen molar-refractivity contribution in [1.82, 2.24) is 10.4 Å². The first-order valence-corrected chi connectivity index (χ1v) is 10.7. The van der Waals surface area contributed by atoms with Crippen LogP contribution >= 0.6 is 35.6 Å². The number of halogens is 1. The SMILES string of the molecule is CCCCOc1cccc(/C=C2/SC(=S)N(NC(=O)c3cccc(Cl)c3)C2=O)c1. The highest BCUT2D eigenvalue weighted by atomic mass is 35.5. The summed E-state index contributed by atoms with van der Waals surface area (Å²) in [5, 5.41) is 1.51. The van der Waals surface area contributed by atoms with Crippen LogP contribution in [-0.4, -0.2) is 27.8 Å². The maximum absolute atomic E-state index is 12.7. The quantitative estimate of drug-likeness (QED) is 0.365. The molecule has 5 nitrogen and oxygen atoms in total. The van der Waals surface area contributed by atoms with Crippen LogP contribution in [0.3, 0.4) is 0 Å². The molecule has 2 aromatic rings. The maximum atomic E-state index is 12.7. The summed E-state index contributed by atoms with van der Waals surface area (Å²) in [7, 11) is 0. The number of nitrogens with zero attached hydrogens (tertiary/aromatic N) is 1. The summed E-state index contributed by atoms with van der Waals surface area (Å²) in [5.41, 5.74) is 3.70. The third kappa shape index (κ3) is 5.59. The molecule has 8 heteroatoms. The molecule has 0 spiro atoms. The van der Waals surface area contributed by atoms with Crippen molar-refractivity contribution in [2.24, 2.45) is 0 Å². The van der Waals surface area contributed by atoms with E-state index in [-0.39, 0.29) is 10.2 Å². The van der Waals surface area contributed by atoms with E-state index in [1.54, 1.807) is 24.3 Å². The zero-order chi connectivity index (χ0) is 20.8. The van der Waals surface area contributed by atoms with Gasteiger partial charge in [-0.25, -0.2) is 0 Å². The van der Waals surface area contributed by atoms with E-state index >= 15 is 0 Å². The minimum Gasteiger partial charge on any atom is -0.494 e. The molecule has 0 unspecified atom stereocenters. The van der Waals surface area contributed by atoms with Crippen LogP contribution < -0.4 is 10.2 Å². The predicted octanol–water partition coefficient (Wildman–Crippen LogP) is 5.07. The number of carbonyl (C=O) groups excluding carboxylic acids is 2. The highest BCUT2D eigenvalue weighted by Gasteiger charge is 2.33. The van der Waals surface area contributed by atoms with Gasteiger partial charge in [0.25, 0.3) is 11.8 Å². The van der Waals surface area contributed by atoms with Crippen molar-refractivity contribution < 1.29 is 14.3 Å². The summed E-state index contributed by atoms with van der Waals surface area (Å²) in [6.45, 7) is 2.75. The molecule has 29 heavy (non-hydrogen) atoms. The van der Waals surface area contributed by atoms with Crippen LogP contribution in [0.5, 0.6) is 5.75 Å². The van der Waals surface area contributed by atoms with Crippen LogP contribution in [0.15, 0.2) is 53.4 Å². The Kier molecular flexibility index (Phi) is 7.30. The number of rotatable bonds is 7. The largest absolute Gasteiger partial charge is 0.494 e. The van der Waals surface area contributed by atoms with Gasteiger partial charge in [0.2, 0.25) is 0 Å². The molecule has 1 N–H and O–H groups in total. The van der Waals surface area contributed by atoms with Gasteiger partial charge in [0.15, 0.2) is 4.32 Å². The van der Waals surface area contributed by atoms with E-state index in [4.69, 9.17) is 28.6 Å². The molecule has 0 atom stereocenters. The number of nitrogens with one attached hydrogen (secondary N) is 1. The lowest BCUT2D eigenvalue weighted by molar-refractivity contribution is -0.123. The zero-order valence-electron chi connectivity index (χ0n) is 15.7. The Labute approximate surface area is 184 Å². The normalized spacial score (nSPS) is 15.1. The van der Waals surface area contributed by atoms with Crippen molar-refractivity contribution in [1.29, 1.82) is 0 Å². The van der Waals surface area contributed by atoms with E-state index in [1.165, 1.54) is 6.07 Å². The van der Waals surface area contributed by atoms with Crippen molar-refractivity contribution >= 4 is 57.8 Å². The number of hydrogen-bond acceptors (Lipinski definition) is 5.